The summed E-state index contributed by atoms with van der Waals surface area (Å²) in [6.07, 6.45) is 1.17. The van der Waals surface area contributed by atoms with Crippen LogP contribution in [0.4, 0.5) is 5.69 Å². The fourth-order valence-corrected chi connectivity index (χ4v) is 1.99. The summed E-state index contributed by atoms with van der Waals surface area (Å²) in [6, 6.07) is 5.09. The number of sulfone groups is 1. The summed E-state index contributed by atoms with van der Waals surface area (Å²) < 4.78 is 27.1. The third kappa shape index (κ3) is 2.63. The summed E-state index contributed by atoms with van der Waals surface area (Å²) in [5.41, 5.74) is 6.68. The van der Waals surface area contributed by atoms with Crippen LogP contribution in [0.5, 0.6) is 5.75 Å². The molecule has 0 saturated heterocycles. The fraction of sp³-hybridized carbons (Fsp3) is 0.333. The van der Waals surface area contributed by atoms with Crippen molar-refractivity contribution < 1.29 is 13.2 Å². The van der Waals surface area contributed by atoms with E-state index in [1.165, 1.54) is 13.4 Å². The molecule has 2 N–H and O–H groups in total. The van der Waals surface area contributed by atoms with E-state index >= 15 is 0 Å². The molecule has 1 rings (SSSR count). The quantitative estimate of drug-likeness (QED) is 0.758. The first-order chi connectivity index (χ1) is 6.44. The van der Waals surface area contributed by atoms with Crippen molar-refractivity contribution in [2.75, 3.05) is 19.1 Å². The third-order valence-electron chi connectivity index (χ3n) is 1.79. The lowest BCUT2D eigenvalue weighted by molar-refractivity contribution is 0.416. The van der Waals surface area contributed by atoms with Gasteiger partial charge in [0.1, 0.15) is 5.75 Å². The number of rotatable bonds is 3. The van der Waals surface area contributed by atoms with E-state index in [1.54, 1.807) is 18.2 Å². The highest BCUT2D eigenvalue weighted by atomic mass is 32.2. The smallest absolute Gasteiger partial charge is 0.151 e. The monoisotopic (exact) mass is 215 g/mol. The van der Waals surface area contributed by atoms with Gasteiger partial charge in [-0.25, -0.2) is 8.42 Å². The van der Waals surface area contributed by atoms with Crippen molar-refractivity contribution in [3.8, 4) is 5.75 Å². The van der Waals surface area contributed by atoms with E-state index in [-0.39, 0.29) is 5.75 Å². The minimum Gasteiger partial charge on any atom is -0.495 e. The number of hydrogen-bond donors (Lipinski definition) is 1. The molecular formula is C9H13NO3S. The summed E-state index contributed by atoms with van der Waals surface area (Å²) in [7, 11) is -1.56. The Morgan fingerprint density at radius 2 is 2.07 bits per heavy atom. The van der Waals surface area contributed by atoms with E-state index in [4.69, 9.17) is 10.5 Å². The van der Waals surface area contributed by atoms with Crippen LogP contribution < -0.4 is 10.5 Å². The van der Waals surface area contributed by atoms with Gasteiger partial charge in [-0.2, -0.15) is 0 Å². The summed E-state index contributed by atoms with van der Waals surface area (Å²) in [6.45, 7) is 0. The van der Waals surface area contributed by atoms with Crippen LogP contribution in [0.3, 0.4) is 0 Å². The van der Waals surface area contributed by atoms with Gasteiger partial charge >= 0.3 is 0 Å². The largest absolute Gasteiger partial charge is 0.495 e. The molecular weight excluding hydrogens is 202 g/mol. The molecule has 0 spiro atoms. The molecule has 0 bridgehead atoms. The van der Waals surface area contributed by atoms with Gasteiger partial charge in [-0.1, -0.05) is 12.1 Å². The Hall–Kier alpha value is -1.23. The second kappa shape index (κ2) is 3.88. The Bertz CT molecular complexity index is 426. The van der Waals surface area contributed by atoms with Gasteiger partial charge in [-0.15, -0.1) is 0 Å². The van der Waals surface area contributed by atoms with Crippen LogP contribution in [0.15, 0.2) is 18.2 Å². The number of para-hydroxylation sites is 1. The van der Waals surface area contributed by atoms with Crippen LogP contribution in [-0.2, 0) is 15.6 Å². The highest BCUT2D eigenvalue weighted by Gasteiger charge is 2.10. The predicted molar refractivity (Wildman–Crippen MR) is 56.0 cm³/mol. The number of anilines is 1. The van der Waals surface area contributed by atoms with Gasteiger partial charge in [0.15, 0.2) is 9.84 Å². The van der Waals surface area contributed by atoms with Crippen molar-refractivity contribution in [1.82, 2.24) is 0 Å². The van der Waals surface area contributed by atoms with E-state index in [2.05, 4.69) is 0 Å². The molecule has 0 unspecified atom stereocenters. The molecule has 0 fully saturated rings. The Morgan fingerprint density at radius 1 is 1.43 bits per heavy atom. The topological polar surface area (TPSA) is 69.4 Å². The molecule has 0 radical (unpaired) electrons. The van der Waals surface area contributed by atoms with Gasteiger partial charge < -0.3 is 10.5 Å². The molecule has 0 heterocycles. The molecule has 4 nitrogen and oxygen atoms in total. The zero-order valence-electron chi connectivity index (χ0n) is 8.15. The first-order valence-corrected chi connectivity index (χ1v) is 6.09. The molecule has 0 aliphatic heterocycles. The van der Waals surface area contributed by atoms with Gasteiger partial charge in [0.05, 0.1) is 18.6 Å². The van der Waals surface area contributed by atoms with Gasteiger partial charge in [0.2, 0.25) is 0 Å². The summed E-state index contributed by atoms with van der Waals surface area (Å²) in [5.74, 6) is 0.446. The maximum Gasteiger partial charge on any atom is 0.151 e. The van der Waals surface area contributed by atoms with Crippen molar-refractivity contribution in [1.29, 1.82) is 0 Å². The average Bonchev–Trinajstić information content (AvgIpc) is 2.06. The number of benzene rings is 1. The van der Waals surface area contributed by atoms with Gasteiger partial charge in [-0.3, -0.25) is 0 Å². The normalized spacial score (nSPS) is 11.3. The van der Waals surface area contributed by atoms with E-state index < -0.39 is 9.84 Å². The van der Waals surface area contributed by atoms with Crippen LogP contribution in [0.25, 0.3) is 0 Å². The number of hydrogen-bond acceptors (Lipinski definition) is 4. The molecule has 0 aromatic heterocycles. The van der Waals surface area contributed by atoms with Crippen LogP contribution in [0.2, 0.25) is 0 Å². The van der Waals surface area contributed by atoms with Gasteiger partial charge in [-0.05, 0) is 11.6 Å². The molecule has 0 atom stereocenters. The van der Waals surface area contributed by atoms with Gasteiger partial charge in [0, 0.05) is 6.26 Å². The van der Waals surface area contributed by atoms with Crippen LogP contribution >= 0.6 is 0 Å². The summed E-state index contributed by atoms with van der Waals surface area (Å²) >= 11 is 0. The molecule has 0 aliphatic rings. The van der Waals surface area contributed by atoms with Gasteiger partial charge in [0.25, 0.3) is 0 Å². The SMILES string of the molecule is COc1cccc(CS(C)(=O)=O)c1N. The van der Waals surface area contributed by atoms with Crippen molar-refractivity contribution in [3.63, 3.8) is 0 Å². The minimum atomic E-state index is -3.06. The molecule has 5 heteroatoms. The molecule has 14 heavy (non-hydrogen) atoms. The Balaban J connectivity index is 3.10. The molecule has 0 saturated carbocycles. The second-order valence-corrected chi connectivity index (χ2v) is 5.24. The highest BCUT2D eigenvalue weighted by molar-refractivity contribution is 7.89. The average molecular weight is 215 g/mol. The maximum absolute atomic E-state index is 11.1. The standard InChI is InChI=1S/C9H13NO3S/c1-13-8-5-3-4-7(9(8)10)6-14(2,11)12/h3-5H,6,10H2,1-2H3. The van der Waals surface area contributed by atoms with E-state index in [9.17, 15) is 8.42 Å². The van der Waals surface area contributed by atoms with Crippen LogP contribution in [0, 0.1) is 0 Å². The third-order valence-corrected chi connectivity index (χ3v) is 2.63. The first kappa shape index (κ1) is 10.8. The van der Waals surface area contributed by atoms with Crippen LogP contribution in [0.1, 0.15) is 5.56 Å². The Morgan fingerprint density at radius 3 is 2.57 bits per heavy atom. The van der Waals surface area contributed by atoms with E-state index in [0.29, 0.717) is 17.0 Å². The Labute approximate surface area is 83.6 Å². The van der Waals surface area contributed by atoms with Crippen molar-refractivity contribution in [2.24, 2.45) is 0 Å². The summed E-state index contributed by atoms with van der Waals surface area (Å²) in [5, 5.41) is 0. The molecule has 1 aromatic carbocycles. The second-order valence-electron chi connectivity index (χ2n) is 3.10. The maximum atomic E-state index is 11.1. The predicted octanol–water partition coefficient (Wildman–Crippen LogP) is 0.822. The van der Waals surface area contributed by atoms with Crippen molar-refractivity contribution >= 4 is 15.5 Å². The Kier molecular flexibility index (Phi) is 3.00. The number of ether oxygens (including phenoxy) is 1. The highest BCUT2D eigenvalue weighted by Crippen LogP contribution is 2.25. The summed E-state index contributed by atoms with van der Waals surface area (Å²) in [4.78, 5) is 0. The zero-order valence-corrected chi connectivity index (χ0v) is 8.97. The van der Waals surface area contributed by atoms with E-state index in [0.717, 1.165) is 0 Å². The number of nitrogen functional groups attached to an aromatic ring is 1. The molecule has 0 aliphatic carbocycles. The lowest BCUT2D eigenvalue weighted by atomic mass is 10.2. The number of methoxy groups -OCH3 is 1. The van der Waals surface area contributed by atoms with Crippen LogP contribution in [-0.4, -0.2) is 21.8 Å². The number of nitrogens with two attached hydrogens (primary N) is 1. The first-order valence-electron chi connectivity index (χ1n) is 4.03. The minimum absolute atomic E-state index is 0.0595. The van der Waals surface area contributed by atoms with E-state index in [1.807, 2.05) is 0 Å². The van der Waals surface area contributed by atoms with Crippen molar-refractivity contribution in [3.05, 3.63) is 23.8 Å². The zero-order chi connectivity index (χ0) is 10.8. The fourth-order valence-electron chi connectivity index (χ4n) is 1.18. The lowest BCUT2D eigenvalue weighted by Crippen LogP contribution is -2.04. The molecule has 78 valence electrons. The molecule has 0 amide bonds. The molecule has 1 aromatic rings. The lowest BCUT2D eigenvalue weighted by Gasteiger charge is -2.08. The van der Waals surface area contributed by atoms with Crippen molar-refractivity contribution in [2.45, 2.75) is 5.75 Å².